The second kappa shape index (κ2) is 4.06. The number of aromatic nitrogens is 4. The summed E-state index contributed by atoms with van der Waals surface area (Å²) in [4.78, 5) is 28.4. The maximum atomic E-state index is 12.2. The van der Waals surface area contributed by atoms with Gasteiger partial charge >= 0.3 is 5.69 Å². The van der Waals surface area contributed by atoms with Crippen LogP contribution in [-0.4, -0.2) is 24.9 Å². The molecule has 0 aliphatic carbocycles. The first-order chi connectivity index (χ1) is 8.02. The summed E-state index contributed by atoms with van der Waals surface area (Å²) < 4.78 is 4.36. The number of thioether (sulfide) groups is 1. The van der Waals surface area contributed by atoms with Crippen molar-refractivity contribution in [2.24, 2.45) is 14.1 Å². The fourth-order valence-corrected chi connectivity index (χ4v) is 2.43. The minimum absolute atomic E-state index is 0.277. The van der Waals surface area contributed by atoms with Gasteiger partial charge in [-0.05, 0) is 13.2 Å². The van der Waals surface area contributed by atoms with Gasteiger partial charge in [0.25, 0.3) is 5.56 Å². The van der Waals surface area contributed by atoms with Gasteiger partial charge in [0.1, 0.15) is 0 Å². The molecule has 0 saturated carbocycles. The van der Waals surface area contributed by atoms with Crippen molar-refractivity contribution in [3.8, 4) is 0 Å². The van der Waals surface area contributed by atoms with Crippen molar-refractivity contribution in [1.29, 1.82) is 0 Å². The molecule has 0 atom stereocenters. The molecule has 0 N–H and O–H groups in total. The molecular formula is C10H14N4O2S. The van der Waals surface area contributed by atoms with Crippen molar-refractivity contribution in [2.75, 3.05) is 6.26 Å². The molecule has 0 aromatic carbocycles. The van der Waals surface area contributed by atoms with Crippen LogP contribution in [-0.2, 0) is 20.6 Å². The van der Waals surface area contributed by atoms with Crippen molar-refractivity contribution in [1.82, 2.24) is 18.7 Å². The number of hydrogen-bond acceptors (Lipinski definition) is 4. The molecule has 2 aromatic rings. The summed E-state index contributed by atoms with van der Waals surface area (Å²) in [5, 5.41) is 0.723. The van der Waals surface area contributed by atoms with E-state index in [1.54, 1.807) is 25.6 Å². The van der Waals surface area contributed by atoms with Gasteiger partial charge in [0.15, 0.2) is 16.3 Å². The Morgan fingerprint density at radius 1 is 1.24 bits per heavy atom. The molecule has 0 fully saturated rings. The molecule has 0 bridgehead atoms. The average molecular weight is 254 g/mol. The van der Waals surface area contributed by atoms with Gasteiger partial charge in [-0.1, -0.05) is 11.8 Å². The molecule has 92 valence electrons. The molecule has 0 saturated heterocycles. The molecule has 7 heteroatoms. The number of nitrogens with zero attached hydrogens (tertiary/aromatic N) is 4. The Labute approximate surface area is 102 Å². The summed E-state index contributed by atoms with van der Waals surface area (Å²) in [5.74, 6) is 0. The van der Waals surface area contributed by atoms with Crippen molar-refractivity contribution < 1.29 is 0 Å². The lowest BCUT2D eigenvalue weighted by Gasteiger charge is -2.05. The Hall–Kier alpha value is -1.50. The first-order valence-corrected chi connectivity index (χ1v) is 6.45. The Balaban J connectivity index is 3.08. The van der Waals surface area contributed by atoms with Crippen molar-refractivity contribution >= 4 is 22.9 Å². The topological polar surface area (TPSA) is 61.8 Å². The van der Waals surface area contributed by atoms with Gasteiger partial charge in [-0.2, -0.15) is 0 Å². The highest BCUT2D eigenvalue weighted by atomic mass is 32.2. The van der Waals surface area contributed by atoms with Crippen LogP contribution in [0, 0.1) is 0 Å². The van der Waals surface area contributed by atoms with Crippen LogP contribution < -0.4 is 11.2 Å². The zero-order valence-electron chi connectivity index (χ0n) is 10.2. The highest BCUT2D eigenvalue weighted by molar-refractivity contribution is 7.98. The Morgan fingerprint density at radius 2 is 1.88 bits per heavy atom. The summed E-state index contributed by atoms with van der Waals surface area (Å²) in [6.07, 6.45) is 1.89. The van der Waals surface area contributed by atoms with Gasteiger partial charge in [0.2, 0.25) is 0 Å². The lowest BCUT2D eigenvalue weighted by atomic mass is 10.5. The minimum atomic E-state index is -0.323. The third-order valence-corrected chi connectivity index (χ3v) is 3.55. The predicted octanol–water partition coefficient (Wildman–Crippen LogP) is 0.176. The summed E-state index contributed by atoms with van der Waals surface area (Å²) in [5.41, 5.74) is 0.312. The van der Waals surface area contributed by atoms with E-state index in [0.717, 1.165) is 5.16 Å². The molecule has 0 amide bonds. The molecule has 2 aromatic heterocycles. The maximum Gasteiger partial charge on any atom is 0.332 e. The van der Waals surface area contributed by atoms with E-state index in [4.69, 9.17) is 0 Å². The summed E-state index contributed by atoms with van der Waals surface area (Å²) >= 11 is 1.45. The van der Waals surface area contributed by atoms with E-state index in [0.29, 0.717) is 17.7 Å². The van der Waals surface area contributed by atoms with Crippen LogP contribution in [0.15, 0.2) is 14.7 Å². The largest absolute Gasteiger partial charge is 0.332 e. The molecule has 2 heterocycles. The molecule has 0 unspecified atom stereocenters. The van der Waals surface area contributed by atoms with Crippen molar-refractivity contribution in [3.63, 3.8) is 0 Å². The van der Waals surface area contributed by atoms with E-state index in [-0.39, 0.29) is 11.2 Å². The summed E-state index contributed by atoms with van der Waals surface area (Å²) in [7, 11) is 3.42. The van der Waals surface area contributed by atoms with E-state index in [9.17, 15) is 9.59 Å². The van der Waals surface area contributed by atoms with Gasteiger partial charge in [0, 0.05) is 20.6 Å². The van der Waals surface area contributed by atoms with Crippen molar-refractivity contribution in [3.05, 3.63) is 20.8 Å². The SMILES string of the molecule is CCn1c(=O)c2c(nc(SC)n2C)n(C)c1=O. The molecular weight excluding hydrogens is 240 g/mol. The normalized spacial score (nSPS) is 11.3. The maximum absolute atomic E-state index is 12.2. The van der Waals surface area contributed by atoms with Crippen LogP contribution in [0.3, 0.4) is 0 Å². The molecule has 0 aliphatic rings. The number of hydrogen-bond donors (Lipinski definition) is 0. The number of fused-ring (bicyclic) bond motifs is 1. The average Bonchev–Trinajstić information content (AvgIpc) is 2.64. The number of aryl methyl sites for hydroxylation is 2. The monoisotopic (exact) mass is 254 g/mol. The smallest absolute Gasteiger partial charge is 0.316 e. The molecule has 0 aliphatic heterocycles. The quantitative estimate of drug-likeness (QED) is 0.717. The Kier molecular flexibility index (Phi) is 2.86. The van der Waals surface area contributed by atoms with Crippen LogP contribution in [0.25, 0.3) is 11.2 Å². The predicted molar refractivity (Wildman–Crippen MR) is 67.7 cm³/mol. The van der Waals surface area contributed by atoms with Gasteiger partial charge in [-0.25, -0.2) is 9.78 Å². The van der Waals surface area contributed by atoms with Crippen LogP contribution in [0.2, 0.25) is 0 Å². The molecule has 0 radical (unpaired) electrons. The lowest BCUT2D eigenvalue weighted by molar-refractivity contribution is 0.635. The highest BCUT2D eigenvalue weighted by Gasteiger charge is 2.16. The molecule has 0 spiro atoms. The van der Waals surface area contributed by atoms with Crippen LogP contribution in [0.4, 0.5) is 0 Å². The van der Waals surface area contributed by atoms with E-state index in [1.807, 2.05) is 6.26 Å². The third kappa shape index (κ3) is 1.53. The zero-order chi connectivity index (χ0) is 12.7. The molecule has 6 nitrogen and oxygen atoms in total. The van der Waals surface area contributed by atoms with Gasteiger partial charge in [-0.3, -0.25) is 13.9 Å². The second-order valence-corrected chi connectivity index (χ2v) is 4.49. The van der Waals surface area contributed by atoms with E-state index in [2.05, 4.69) is 4.98 Å². The third-order valence-electron chi connectivity index (χ3n) is 2.82. The zero-order valence-corrected chi connectivity index (χ0v) is 11.0. The first-order valence-electron chi connectivity index (χ1n) is 5.23. The first kappa shape index (κ1) is 12.0. The fraction of sp³-hybridized carbons (Fsp3) is 0.500. The van der Waals surface area contributed by atoms with Gasteiger partial charge in [0.05, 0.1) is 0 Å². The Bertz CT molecular complexity index is 695. The summed E-state index contributed by atoms with van der Waals surface area (Å²) in [6, 6.07) is 0. The van der Waals surface area contributed by atoms with E-state index >= 15 is 0 Å². The van der Waals surface area contributed by atoms with Crippen LogP contribution >= 0.6 is 11.8 Å². The van der Waals surface area contributed by atoms with Gasteiger partial charge in [-0.15, -0.1) is 0 Å². The molecule has 2 rings (SSSR count). The van der Waals surface area contributed by atoms with E-state index in [1.165, 1.54) is 20.9 Å². The minimum Gasteiger partial charge on any atom is -0.316 e. The number of rotatable bonds is 2. The lowest BCUT2D eigenvalue weighted by Crippen LogP contribution is -2.39. The number of imidazole rings is 1. The summed E-state index contributed by atoms with van der Waals surface area (Å²) in [6.45, 7) is 2.14. The van der Waals surface area contributed by atoms with E-state index < -0.39 is 0 Å². The fourth-order valence-electron chi connectivity index (χ4n) is 1.88. The van der Waals surface area contributed by atoms with Crippen molar-refractivity contribution in [2.45, 2.75) is 18.6 Å². The second-order valence-electron chi connectivity index (χ2n) is 3.72. The van der Waals surface area contributed by atoms with Gasteiger partial charge < -0.3 is 4.57 Å². The standard InChI is InChI=1S/C10H14N4O2S/c1-5-14-8(15)6-7(13(3)10(14)16)11-9(17-4)12(6)2/h5H2,1-4H3. The van der Waals surface area contributed by atoms with Crippen LogP contribution in [0.5, 0.6) is 0 Å². The highest BCUT2D eigenvalue weighted by Crippen LogP contribution is 2.16. The van der Waals surface area contributed by atoms with Crippen LogP contribution in [0.1, 0.15) is 6.92 Å². The Morgan fingerprint density at radius 3 is 2.41 bits per heavy atom. The molecule has 17 heavy (non-hydrogen) atoms.